The van der Waals surface area contributed by atoms with Gasteiger partial charge in [0.1, 0.15) is 0 Å². The Balaban J connectivity index is 1.68. The average molecular weight is 260 g/mol. The fourth-order valence-electron chi connectivity index (χ4n) is 2.41. The fourth-order valence-corrected chi connectivity index (χ4v) is 2.41. The lowest BCUT2D eigenvalue weighted by Gasteiger charge is -2.23. The van der Waals surface area contributed by atoms with Gasteiger partial charge in [-0.1, -0.05) is 25.1 Å². The number of hydrogen-bond acceptors (Lipinski definition) is 2. The maximum atomic E-state index is 11.7. The van der Waals surface area contributed by atoms with Gasteiger partial charge in [0.25, 0.3) is 0 Å². The number of carbonyl (C=O) groups is 1. The minimum Gasteiger partial charge on any atom is -0.372 e. The first-order valence-electron chi connectivity index (χ1n) is 7.30. The van der Waals surface area contributed by atoms with E-state index in [2.05, 4.69) is 48.3 Å². The molecule has 0 unspecified atom stereocenters. The second-order valence-electron chi connectivity index (χ2n) is 5.38. The number of anilines is 1. The van der Waals surface area contributed by atoms with E-state index < -0.39 is 0 Å². The predicted molar refractivity (Wildman–Crippen MR) is 79.2 cm³/mol. The summed E-state index contributed by atoms with van der Waals surface area (Å²) in [5, 5.41) is 3.04. The first-order valence-corrected chi connectivity index (χ1v) is 7.30. The molecule has 0 bridgehead atoms. The van der Waals surface area contributed by atoms with Crippen molar-refractivity contribution in [2.45, 2.75) is 26.7 Å². The van der Waals surface area contributed by atoms with Crippen LogP contribution in [0.3, 0.4) is 0 Å². The van der Waals surface area contributed by atoms with Gasteiger partial charge in [-0.15, -0.1) is 0 Å². The van der Waals surface area contributed by atoms with Gasteiger partial charge in [-0.25, -0.2) is 0 Å². The zero-order valence-electron chi connectivity index (χ0n) is 11.9. The van der Waals surface area contributed by atoms with E-state index in [-0.39, 0.29) is 11.8 Å². The number of carbonyl (C=O) groups excluding carboxylic acids is 1. The molecule has 1 N–H and O–H groups in total. The summed E-state index contributed by atoms with van der Waals surface area (Å²) < 4.78 is 0. The maximum absolute atomic E-state index is 11.7. The Hall–Kier alpha value is -1.51. The SMILES string of the molecule is CCN(CCCNC(=O)[C@H]1C[C@H]1C)c1ccccc1. The third-order valence-electron chi connectivity index (χ3n) is 3.85. The van der Waals surface area contributed by atoms with E-state index >= 15 is 0 Å². The van der Waals surface area contributed by atoms with Crippen LogP contribution in [-0.2, 0) is 4.79 Å². The Labute approximate surface area is 116 Å². The lowest BCUT2D eigenvalue weighted by atomic mass is 10.2. The number of nitrogens with zero attached hydrogens (tertiary/aromatic N) is 1. The number of benzene rings is 1. The van der Waals surface area contributed by atoms with Crippen molar-refractivity contribution in [1.29, 1.82) is 0 Å². The van der Waals surface area contributed by atoms with Gasteiger partial charge in [-0.3, -0.25) is 4.79 Å². The molecule has 0 saturated heterocycles. The van der Waals surface area contributed by atoms with E-state index in [9.17, 15) is 4.79 Å². The van der Waals surface area contributed by atoms with Crippen molar-refractivity contribution in [3.8, 4) is 0 Å². The molecule has 0 aliphatic heterocycles. The lowest BCUT2D eigenvalue weighted by Crippen LogP contribution is -2.30. The molecule has 2 atom stereocenters. The molecule has 0 radical (unpaired) electrons. The Kier molecular flexibility index (Phi) is 4.83. The molecule has 19 heavy (non-hydrogen) atoms. The topological polar surface area (TPSA) is 32.3 Å². The zero-order valence-corrected chi connectivity index (χ0v) is 11.9. The minimum atomic E-state index is 0.246. The molecule has 1 aromatic carbocycles. The van der Waals surface area contributed by atoms with Crippen molar-refractivity contribution in [3.63, 3.8) is 0 Å². The molecule has 104 valence electrons. The molecule has 1 aromatic rings. The number of nitrogens with one attached hydrogen (secondary N) is 1. The molecule has 1 aliphatic carbocycles. The van der Waals surface area contributed by atoms with E-state index in [1.807, 2.05) is 6.07 Å². The van der Waals surface area contributed by atoms with Gasteiger partial charge in [-0.05, 0) is 37.8 Å². The number of para-hydroxylation sites is 1. The van der Waals surface area contributed by atoms with Gasteiger partial charge < -0.3 is 10.2 Å². The summed E-state index contributed by atoms with van der Waals surface area (Å²) >= 11 is 0. The smallest absolute Gasteiger partial charge is 0.223 e. The van der Waals surface area contributed by atoms with E-state index in [4.69, 9.17) is 0 Å². The Morgan fingerprint density at radius 3 is 2.63 bits per heavy atom. The molecule has 0 spiro atoms. The zero-order chi connectivity index (χ0) is 13.7. The van der Waals surface area contributed by atoms with E-state index in [0.29, 0.717) is 5.92 Å². The van der Waals surface area contributed by atoms with Crippen LogP contribution in [0.25, 0.3) is 0 Å². The van der Waals surface area contributed by atoms with Gasteiger partial charge in [-0.2, -0.15) is 0 Å². The summed E-state index contributed by atoms with van der Waals surface area (Å²) in [6, 6.07) is 10.4. The van der Waals surface area contributed by atoms with Crippen molar-refractivity contribution in [3.05, 3.63) is 30.3 Å². The van der Waals surface area contributed by atoms with Gasteiger partial charge in [0.2, 0.25) is 5.91 Å². The number of rotatable bonds is 7. The first kappa shape index (κ1) is 13.9. The predicted octanol–water partition coefficient (Wildman–Crippen LogP) is 2.68. The van der Waals surface area contributed by atoms with E-state index in [1.54, 1.807) is 0 Å². The average Bonchev–Trinajstić information content (AvgIpc) is 3.17. The highest BCUT2D eigenvalue weighted by Crippen LogP contribution is 2.37. The van der Waals surface area contributed by atoms with Crippen LogP contribution in [0, 0.1) is 11.8 Å². The van der Waals surface area contributed by atoms with Crippen LogP contribution >= 0.6 is 0 Å². The quantitative estimate of drug-likeness (QED) is 0.764. The van der Waals surface area contributed by atoms with E-state index in [0.717, 1.165) is 32.5 Å². The van der Waals surface area contributed by atoms with Crippen molar-refractivity contribution < 1.29 is 4.79 Å². The summed E-state index contributed by atoms with van der Waals surface area (Å²) in [5.41, 5.74) is 1.26. The van der Waals surface area contributed by atoms with Gasteiger partial charge in [0, 0.05) is 31.2 Å². The third-order valence-corrected chi connectivity index (χ3v) is 3.85. The summed E-state index contributed by atoms with van der Waals surface area (Å²) in [5.74, 6) is 1.13. The summed E-state index contributed by atoms with van der Waals surface area (Å²) in [6.45, 7) is 7.07. The Bertz CT molecular complexity index is 404. The molecule has 1 amide bonds. The first-order chi connectivity index (χ1) is 9.22. The fraction of sp³-hybridized carbons (Fsp3) is 0.562. The molecule has 3 nitrogen and oxygen atoms in total. The maximum Gasteiger partial charge on any atom is 0.223 e. The second kappa shape index (κ2) is 6.60. The molecule has 1 aliphatic rings. The van der Waals surface area contributed by atoms with E-state index in [1.165, 1.54) is 5.69 Å². The normalized spacial score (nSPS) is 20.9. The van der Waals surface area contributed by atoms with Crippen LogP contribution < -0.4 is 10.2 Å². The number of hydrogen-bond donors (Lipinski definition) is 1. The molecule has 1 saturated carbocycles. The Morgan fingerprint density at radius 2 is 2.05 bits per heavy atom. The molecule has 2 rings (SSSR count). The highest BCUT2D eigenvalue weighted by Gasteiger charge is 2.38. The van der Waals surface area contributed by atoms with Crippen LogP contribution in [0.2, 0.25) is 0 Å². The molecule has 3 heteroatoms. The van der Waals surface area contributed by atoms with Crippen LogP contribution in [0.5, 0.6) is 0 Å². The van der Waals surface area contributed by atoms with Crippen molar-refractivity contribution in [2.75, 3.05) is 24.5 Å². The summed E-state index contributed by atoms with van der Waals surface area (Å²) in [6.07, 6.45) is 2.06. The van der Waals surface area contributed by atoms with Crippen molar-refractivity contribution in [1.82, 2.24) is 5.32 Å². The monoisotopic (exact) mass is 260 g/mol. The standard InChI is InChI=1S/C16H24N2O/c1-3-18(14-8-5-4-6-9-14)11-7-10-17-16(19)15-12-13(15)2/h4-6,8-9,13,15H,3,7,10-12H2,1-2H3,(H,17,19)/t13-,15+/m1/s1. The van der Waals surface area contributed by atoms with Gasteiger partial charge in [0.15, 0.2) is 0 Å². The third kappa shape index (κ3) is 3.98. The molecule has 1 fully saturated rings. The van der Waals surface area contributed by atoms with Gasteiger partial charge >= 0.3 is 0 Å². The van der Waals surface area contributed by atoms with Crippen LogP contribution in [0.1, 0.15) is 26.7 Å². The van der Waals surface area contributed by atoms with Crippen LogP contribution in [0.4, 0.5) is 5.69 Å². The van der Waals surface area contributed by atoms with Crippen molar-refractivity contribution >= 4 is 11.6 Å². The molecule has 0 aromatic heterocycles. The number of amides is 1. The van der Waals surface area contributed by atoms with Crippen molar-refractivity contribution in [2.24, 2.45) is 11.8 Å². The second-order valence-corrected chi connectivity index (χ2v) is 5.38. The lowest BCUT2D eigenvalue weighted by molar-refractivity contribution is -0.122. The highest BCUT2D eigenvalue weighted by atomic mass is 16.2. The highest BCUT2D eigenvalue weighted by molar-refractivity contribution is 5.81. The largest absolute Gasteiger partial charge is 0.372 e. The molecule has 0 heterocycles. The van der Waals surface area contributed by atoms with Gasteiger partial charge in [0.05, 0.1) is 0 Å². The minimum absolute atomic E-state index is 0.246. The Morgan fingerprint density at radius 1 is 1.37 bits per heavy atom. The molecular weight excluding hydrogens is 236 g/mol. The van der Waals surface area contributed by atoms with Crippen LogP contribution in [-0.4, -0.2) is 25.5 Å². The summed E-state index contributed by atoms with van der Waals surface area (Å²) in [4.78, 5) is 14.0. The molecular formula is C16H24N2O. The van der Waals surface area contributed by atoms with Crippen LogP contribution in [0.15, 0.2) is 30.3 Å². The summed E-state index contributed by atoms with van der Waals surface area (Å²) in [7, 11) is 0.